The molecule has 0 aliphatic heterocycles. The molecule has 0 unspecified atom stereocenters. The van der Waals surface area contributed by atoms with Gasteiger partial charge in [0.2, 0.25) is 11.8 Å². The quantitative estimate of drug-likeness (QED) is 0.693. The van der Waals surface area contributed by atoms with Crippen molar-refractivity contribution in [1.82, 2.24) is 25.4 Å². The lowest BCUT2D eigenvalue weighted by Gasteiger charge is -2.02. The van der Waals surface area contributed by atoms with Crippen molar-refractivity contribution in [1.29, 1.82) is 0 Å². The van der Waals surface area contributed by atoms with E-state index in [0.717, 1.165) is 35.6 Å². The molecular formula is C17H19N5O2. The molecule has 0 saturated heterocycles. The van der Waals surface area contributed by atoms with E-state index in [1.54, 1.807) is 0 Å². The van der Waals surface area contributed by atoms with Crippen LogP contribution in [-0.4, -0.2) is 32.6 Å². The summed E-state index contributed by atoms with van der Waals surface area (Å²) in [6, 6.07) is 7.85. The molecule has 0 radical (unpaired) electrons. The van der Waals surface area contributed by atoms with E-state index in [9.17, 15) is 4.79 Å². The molecular weight excluding hydrogens is 306 g/mol. The van der Waals surface area contributed by atoms with Crippen LogP contribution in [0.3, 0.4) is 0 Å². The largest absolute Gasteiger partial charge is 0.356 e. The monoisotopic (exact) mass is 325 g/mol. The van der Waals surface area contributed by atoms with E-state index in [1.165, 1.54) is 0 Å². The second-order valence-corrected chi connectivity index (χ2v) is 6.12. The lowest BCUT2D eigenvalue weighted by atomic mass is 10.3. The van der Waals surface area contributed by atoms with Gasteiger partial charge in [0.05, 0.1) is 11.0 Å². The first-order valence-corrected chi connectivity index (χ1v) is 8.31. The van der Waals surface area contributed by atoms with Crippen LogP contribution in [0.2, 0.25) is 0 Å². The zero-order valence-corrected chi connectivity index (χ0v) is 13.3. The molecule has 0 atom stereocenters. The van der Waals surface area contributed by atoms with Gasteiger partial charge >= 0.3 is 0 Å². The highest BCUT2D eigenvalue weighted by Gasteiger charge is 2.29. The first-order valence-electron chi connectivity index (χ1n) is 8.31. The molecule has 7 heteroatoms. The molecule has 2 aromatic heterocycles. The number of aryl methyl sites for hydroxylation is 1. The van der Waals surface area contributed by atoms with E-state index in [-0.39, 0.29) is 5.91 Å². The molecule has 2 N–H and O–H groups in total. The predicted molar refractivity (Wildman–Crippen MR) is 87.4 cm³/mol. The number of nitrogens with one attached hydrogen (secondary N) is 2. The fourth-order valence-corrected chi connectivity index (χ4v) is 2.62. The maximum atomic E-state index is 11.9. The van der Waals surface area contributed by atoms with Crippen LogP contribution in [0, 0.1) is 0 Å². The van der Waals surface area contributed by atoms with Crippen LogP contribution in [0.5, 0.6) is 0 Å². The highest BCUT2D eigenvalue weighted by Crippen LogP contribution is 2.38. The number of para-hydroxylation sites is 2. The smallest absolute Gasteiger partial charge is 0.229 e. The number of amides is 1. The van der Waals surface area contributed by atoms with Gasteiger partial charge in [-0.1, -0.05) is 17.3 Å². The van der Waals surface area contributed by atoms with Crippen molar-refractivity contribution in [3.63, 3.8) is 0 Å². The average molecular weight is 325 g/mol. The summed E-state index contributed by atoms with van der Waals surface area (Å²) >= 11 is 0. The molecule has 7 nitrogen and oxygen atoms in total. The maximum absolute atomic E-state index is 11.9. The van der Waals surface area contributed by atoms with Gasteiger partial charge in [-0.3, -0.25) is 4.79 Å². The zero-order valence-electron chi connectivity index (χ0n) is 13.3. The minimum atomic E-state index is 0.00127. The summed E-state index contributed by atoms with van der Waals surface area (Å²) in [5, 5.41) is 6.83. The van der Waals surface area contributed by atoms with Crippen LogP contribution in [0.1, 0.15) is 42.7 Å². The minimum absolute atomic E-state index is 0.00127. The Kier molecular flexibility index (Phi) is 3.98. The number of imidazole rings is 1. The van der Waals surface area contributed by atoms with Crippen molar-refractivity contribution in [3.8, 4) is 0 Å². The third-order valence-electron chi connectivity index (χ3n) is 4.11. The fraction of sp³-hybridized carbons (Fsp3) is 0.412. The highest BCUT2D eigenvalue weighted by molar-refractivity contribution is 5.77. The SMILES string of the molecule is O=C(CCc1nc2ccccc2[nH]1)NCCc1noc(C2CC2)n1. The zero-order chi connectivity index (χ0) is 16.4. The molecule has 4 rings (SSSR count). The molecule has 1 saturated carbocycles. The summed E-state index contributed by atoms with van der Waals surface area (Å²) in [5.41, 5.74) is 1.92. The number of carbonyl (C=O) groups excluding carboxylic acids is 1. The number of aromatic amines is 1. The van der Waals surface area contributed by atoms with Gasteiger partial charge in [0.1, 0.15) is 5.82 Å². The maximum Gasteiger partial charge on any atom is 0.229 e. The van der Waals surface area contributed by atoms with Gasteiger partial charge in [0, 0.05) is 31.7 Å². The molecule has 124 valence electrons. The second-order valence-electron chi connectivity index (χ2n) is 6.12. The topological polar surface area (TPSA) is 96.7 Å². The third kappa shape index (κ3) is 3.45. The summed E-state index contributed by atoms with van der Waals surface area (Å²) in [4.78, 5) is 24.0. The number of benzene rings is 1. The number of hydrogen-bond acceptors (Lipinski definition) is 5. The Morgan fingerprint density at radius 3 is 2.96 bits per heavy atom. The third-order valence-corrected chi connectivity index (χ3v) is 4.11. The number of H-pyrrole nitrogens is 1. The van der Waals surface area contributed by atoms with E-state index in [1.807, 2.05) is 24.3 Å². The van der Waals surface area contributed by atoms with Crippen molar-refractivity contribution in [3.05, 3.63) is 41.8 Å². The Labute approximate surface area is 138 Å². The number of nitrogens with zero attached hydrogens (tertiary/aromatic N) is 3. The first kappa shape index (κ1) is 14.9. The molecule has 2 heterocycles. The standard InChI is InChI=1S/C17H19N5O2/c23-16(8-7-14-19-12-3-1-2-4-13(12)20-14)18-10-9-15-21-17(24-22-15)11-5-6-11/h1-4,11H,5-10H2,(H,18,23)(H,19,20). The van der Waals surface area contributed by atoms with Gasteiger partial charge in [-0.05, 0) is 25.0 Å². The average Bonchev–Trinajstić information content (AvgIpc) is 3.18. The molecule has 3 aromatic rings. The lowest BCUT2D eigenvalue weighted by molar-refractivity contribution is -0.121. The van der Waals surface area contributed by atoms with Gasteiger partial charge < -0.3 is 14.8 Å². The molecule has 1 aliphatic carbocycles. The molecule has 0 spiro atoms. The predicted octanol–water partition coefficient (Wildman–Crippen LogP) is 2.11. The van der Waals surface area contributed by atoms with E-state index < -0.39 is 0 Å². The van der Waals surface area contributed by atoms with Crippen LogP contribution in [-0.2, 0) is 17.6 Å². The van der Waals surface area contributed by atoms with E-state index in [2.05, 4.69) is 25.4 Å². The Morgan fingerprint density at radius 1 is 1.25 bits per heavy atom. The minimum Gasteiger partial charge on any atom is -0.356 e. The van der Waals surface area contributed by atoms with Crippen LogP contribution in [0.25, 0.3) is 11.0 Å². The summed E-state index contributed by atoms with van der Waals surface area (Å²) in [6.45, 7) is 0.516. The van der Waals surface area contributed by atoms with Gasteiger partial charge in [-0.25, -0.2) is 4.98 Å². The Morgan fingerprint density at radius 2 is 2.12 bits per heavy atom. The van der Waals surface area contributed by atoms with Gasteiger partial charge in [-0.15, -0.1) is 0 Å². The van der Waals surface area contributed by atoms with Crippen molar-refractivity contribution in [2.45, 2.75) is 38.0 Å². The second kappa shape index (κ2) is 6.43. The Bertz CT molecular complexity index is 816. The van der Waals surface area contributed by atoms with Crippen molar-refractivity contribution in [2.75, 3.05) is 6.54 Å². The number of carbonyl (C=O) groups is 1. The lowest BCUT2D eigenvalue weighted by Crippen LogP contribution is -2.26. The highest BCUT2D eigenvalue weighted by atomic mass is 16.5. The number of fused-ring (bicyclic) bond motifs is 1. The summed E-state index contributed by atoms with van der Waals surface area (Å²) in [5.74, 6) is 2.69. The van der Waals surface area contributed by atoms with Crippen molar-refractivity contribution >= 4 is 16.9 Å². The fourth-order valence-electron chi connectivity index (χ4n) is 2.62. The molecule has 1 amide bonds. The van der Waals surface area contributed by atoms with E-state index in [4.69, 9.17) is 4.52 Å². The summed E-state index contributed by atoms with van der Waals surface area (Å²) in [6.07, 6.45) is 3.86. The van der Waals surface area contributed by atoms with Gasteiger partial charge in [0.15, 0.2) is 5.82 Å². The van der Waals surface area contributed by atoms with Gasteiger partial charge in [-0.2, -0.15) is 4.98 Å². The summed E-state index contributed by atoms with van der Waals surface area (Å²) < 4.78 is 5.19. The molecule has 1 aromatic carbocycles. The normalized spacial score (nSPS) is 14.2. The Balaban J connectivity index is 1.21. The van der Waals surface area contributed by atoms with Crippen LogP contribution < -0.4 is 5.32 Å². The van der Waals surface area contributed by atoms with E-state index >= 15 is 0 Å². The number of hydrogen-bond donors (Lipinski definition) is 2. The van der Waals surface area contributed by atoms with Crippen molar-refractivity contribution in [2.24, 2.45) is 0 Å². The first-order chi connectivity index (χ1) is 11.8. The molecule has 0 bridgehead atoms. The molecule has 1 fully saturated rings. The summed E-state index contributed by atoms with van der Waals surface area (Å²) in [7, 11) is 0. The van der Waals surface area contributed by atoms with E-state index in [0.29, 0.717) is 37.5 Å². The van der Waals surface area contributed by atoms with Gasteiger partial charge in [0.25, 0.3) is 0 Å². The van der Waals surface area contributed by atoms with Crippen LogP contribution in [0.4, 0.5) is 0 Å². The van der Waals surface area contributed by atoms with Crippen LogP contribution in [0.15, 0.2) is 28.8 Å². The molecule has 1 aliphatic rings. The van der Waals surface area contributed by atoms with Crippen LogP contribution >= 0.6 is 0 Å². The molecule has 24 heavy (non-hydrogen) atoms. The van der Waals surface area contributed by atoms with Crippen molar-refractivity contribution < 1.29 is 9.32 Å². The number of rotatable bonds is 7. The Hall–Kier alpha value is -2.70. The number of aromatic nitrogens is 4.